The van der Waals surface area contributed by atoms with Crippen molar-refractivity contribution in [2.75, 3.05) is 51.3 Å². The van der Waals surface area contributed by atoms with Gasteiger partial charge in [-0.1, -0.05) is 19.9 Å². The zero-order valence-corrected chi connectivity index (χ0v) is 18.1. The van der Waals surface area contributed by atoms with Gasteiger partial charge in [0.15, 0.2) is 0 Å². The molecule has 1 aliphatic heterocycles. The number of hydrogen-bond donors (Lipinski definition) is 1. The summed E-state index contributed by atoms with van der Waals surface area (Å²) in [5.41, 5.74) is 3.80. The lowest BCUT2D eigenvalue weighted by molar-refractivity contribution is 0.0663. The number of aliphatic hydroxyl groups excluding tert-OH is 1. The van der Waals surface area contributed by atoms with Gasteiger partial charge in [0, 0.05) is 38.4 Å². The van der Waals surface area contributed by atoms with Crippen LogP contribution < -0.4 is 14.4 Å². The molecule has 0 saturated carbocycles. The number of hydrogen-bond acceptors (Lipinski definition) is 5. The molecule has 2 aromatic rings. The van der Waals surface area contributed by atoms with E-state index in [2.05, 4.69) is 54.8 Å². The Labute approximate surface area is 174 Å². The number of benzene rings is 2. The minimum atomic E-state index is -0.493. The first kappa shape index (κ1) is 21.5. The van der Waals surface area contributed by atoms with Gasteiger partial charge in [-0.2, -0.15) is 0 Å². The molecule has 5 heteroatoms. The fourth-order valence-corrected chi connectivity index (χ4v) is 3.91. The van der Waals surface area contributed by atoms with Crippen LogP contribution in [0.4, 0.5) is 5.69 Å². The Bertz CT molecular complexity index is 768. The Morgan fingerprint density at radius 2 is 1.62 bits per heavy atom. The summed E-state index contributed by atoms with van der Waals surface area (Å²) in [6.45, 7) is 11.2. The standard InChI is InChI=1S/C24H34N2O3/c1-18(2)24-10-9-23(15-19(24)3)29-17-21(27)16-25-11-13-26(14-12-25)20-5-7-22(28-4)8-6-20/h5-10,15,18,21,27H,11-14,16-17H2,1-4H3/t21-/m1/s1. The first-order valence-corrected chi connectivity index (χ1v) is 10.5. The monoisotopic (exact) mass is 398 g/mol. The van der Waals surface area contributed by atoms with E-state index in [1.54, 1.807) is 7.11 Å². The molecule has 0 aromatic heterocycles. The van der Waals surface area contributed by atoms with E-state index in [4.69, 9.17) is 9.47 Å². The molecule has 0 unspecified atom stereocenters. The predicted octanol–water partition coefficient (Wildman–Crippen LogP) is 3.69. The molecule has 0 aliphatic carbocycles. The molecular formula is C24H34N2O3. The van der Waals surface area contributed by atoms with Crippen LogP contribution in [0, 0.1) is 6.92 Å². The number of piperazine rings is 1. The van der Waals surface area contributed by atoms with Crippen molar-refractivity contribution in [3.8, 4) is 11.5 Å². The molecule has 1 saturated heterocycles. The van der Waals surface area contributed by atoms with E-state index in [-0.39, 0.29) is 0 Å². The lowest BCUT2D eigenvalue weighted by atomic mass is 9.98. The molecule has 1 atom stereocenters. The molecule has 3 rings (SSSR count). The van der Waals surface area contributed by atoms with Gasteiger partial charge in [0.1, 0.15) is 24.2 Å². The average molecular weight is 399 g/mol. The third-order valence-corrected chi connectivity index (χ3v) is 5.58. The van der Waals surface area contributed by atoms with Crippen molar-refractivity contribution < 1.29 is 14.6 Å². The second-order valence-electron chi connectivity index (χ2n) is 8.12. The second kappa shape index (κ2) is 9.99. The third-order valence-electron chi connectivity index (χ3n) is 5.58. The van der Waals surface area contributed by atoms with E-state index in [1.165, 1.54) is 16.8 Å². The van der Waals surface area contributed by atoms with Crippen LogP contribution in [0.15, 0.2) is 42.5 Å². The van der Waals surface area contributed by atoms with Crippen LogP contribution >= 0.6 is 0 Å². The maximum absolute atomic E-state index is 10.4. The van der Waals surface area contributed by atoms with E-state index >= 15 is 0 Å². The van der Waals surface area contributed by atoms with Crippen LogP contribution in [-0.4, -0.2) is 62.6 Å². The van der Waals surface area contributed by atoms with Crippen molar-refractivity contribution in [1.82, 2.24) is 4.90 Å². The second-order valence-corrected chi connectivity index (χ2v) is 8.12. The molecule has 1 N–H and O–H groups in total. The number of aliphatic hydroxyl groups is 1. The van der Waals surface area contributed by atoms with Crippen LogP contribution in [0.5, 0.6) is 11.5 Å². The van der Waals surface area contributed by atoms with Crippen LogP contribution in [-0.2, 0) is 0 Å². The van der Waals surface area contributed by atoms with Gasteiger partial charge in [-0.05, 0) is 60.4 Å². The highest BCUT2D eigenvalue weighted by molar-refractivity contribution is 5.49. The highest BCUT2D eigenvalue weighted by atomic mass is 16.5. The molecule has 29 heavy (non-hydrogen) atoms. The van der Waals surface area contributed by atoms with Crippen molar-refractivity contribution in [3.05, 3.63) is 53.6 Å². The lowest BCUT2D eigenvalue weighted by Crippen LogP contribution is -2.49. The Morgan fingerprint density at radius 1 is 0.966 bits per heavy atom. The number of β-amino-alcohol motifs (C(OH)–C–C–N with tert-alkyl or cyclic N) is 1. The van der Waals surface area contributed by atoms with E-state index in [0.29, 0.717) is 19.1 Å². The summed E-state index contributed by atoms with van der Waals surface area (Å²) >= 11 is 0. The van der Waals surface area contributed by atoms with Crippen LogP contribution in [0.2, 0.25) is 0 Å². The summed E-state index contributed by atoms with van der Waals surface area (Å²) in [6.07, 6.45) is -0.493. The van der Waals surface area contributed by atoms with Gasteiger partial charge in [-0.25, -0.2) is 0 Å². The Hall–Kier alpha value is -2.24. The highest BCUT2D eigenvalue weighted by Gasteiger charge is 2.20. The summed E-state index contributed by atoms with van der Waals surface area (Å²) in [5, 5.41) is 10.4. The van der Waals surface area contributed by atoms with Crippen LogP contribution in [0.1, 0.15) is 30.9 Å². The SMILES string of the molecule is COc1ccc(N2CCN(C[C@@H](O)COc3ccc(C(C)C)c(C)c3)CC2)cc1. The summed E-state index contributed by atoms with van der Waals surface area (Å²) in [5.74, 6) is 2.21. The lowest BCUT2D eigenvalue weighted by Gasteiger charge is -2.36. The van der Waals surface area contributed by atoms with E-state index in [9.17, 15) is 5.11 Å². The molecule has 0 bridgehead atoms. The van der Waals surface area contributed by atoms with Crippen molar-refractivity contribution in [2.45, 2.75) is 32.8 Å². The molecule has 5 nitrogen and oxygen atoms in total. The van der Waals surface area contributed by atoms with Gasteiger partial charge in [-0.15, -0.1) is 0 Å². The predicted molar refractivity (Wildman–Crippen MR) is 118 cm³/mol. The van der Waals surface area contributed by atoms with E-state index < -0.39 is 6.10 Å². The molecule has 158 valence electrons. The van der Waals surface area contributed by atoms with E-state index in [0.717, 1.165) is 37.7 Å². The molecule has 0 radical (unpaired) electrons. The summed E-state index contributed by atoms with van der Waals surface area (Å²) in [6, 6.07) is 14.4. The number of nitrogens with zero attached hydrogens (tertiary/aromatic N) is 2. The van der Waals surface area contributed by atoms with Crippen molar-refractivity contribution in [1.29, 1.82) is 0 Å². The first-order valence-electron chi connectivity index (χ1n) is 10.5. The number of anilines is 1. The summed E-state index contributed by atoms with van der Waals surface area (Å²) < 4.78 is 11.1. The zero-order valence-electron chi connectivity index (χ0n) is 18.1. The Balaban J connectivity index is 1.42. The van der Waals surface area contributed by atoms with Crippen molar-refractivity contribution >= 4 is 5.69 Å². The smallest absolute Gasteiger partial charge is 0.119 e. The van der Waals surface area contributed by atoms with Crippen molar-refractivity contribution in [2.24, 2.45) is 0 Å². The Kier molecular flexibility index (Phi) is 7.40. The van der Waals surface area contributed by atoms with Gasteiger partial charge in [0.05, 0.1) is 7.11 Å². The Morgan fingerprint density at radius 3 is 2.21 bits per heavy atom. The van der Waals surface area contributed by atoms with Gasteiger partial charge in [0.25, 0.3) is 0 Å². The summed E-state index contributed by atoms with van der Waals surface area (Å²) in [7, 11) is 1.69. The van der Waals surface area contributed by atoms with Gasteiger partial charge in [0.2, 0.25) is 0 Å². The fraction of sp³-hybridized carbons (Fsp3) is 0.500. The molecule has 2 aromatic carbocycles. The maximum atomic E-state index is 10.4. The molecule has 0 amide bonds. The van der Waals surface area contributed by atoms with Crippen LogP contribution in [0.3, 0.4) is 0 Å². The largest absolute Gasteiger partial charge is 0.497 e. The number of aryl methyl sites for hydroxylation is 1. The first-order chi connectivity index (χ1) is 14.0. The van der Waals surface area contributed by atoms with Crippen molar-refractivity contribution in [3.63, 3.8) is 0 Å². The third kappa shape index (κ3) is 5.87. The highest BCUT2D eigenvalue weighted by Crippen LogP contribution is 2.24. The fourth-order valence-electron chi connectivity index (χ4n) is 3.91. The van der Waals surface area contributed by atoms with Gasteiger partial charge >= 0.3 is 0 Å². The van der Waals surface area contributed by atoms with Gasteiger partial charge < -0.3 is 19.5 Å². The molecule has 1 fully saturated rings. The topological polar surface area (TPSA) is 45.2 Å². The molecule has 1 aliphatic rings. The number of methoxy groups -OCH3 is 1. The molecule has 1 heterocycles. The van der Waals surface area contributed by atoms with Gasteiger partial charge in [-0.3, -0.25) is 4.90 Å². The zero-order chi connectivity index (χ0) is 20.8. The normalized spacial score (nSPS) is 16.1. The average Bonchev–Trinajstić information content (AvgIpc) is 2.73. The number of ether oxygens (including phenoxy) is 2. The molecular weight excluding hydrogens is 364 g/mol. The minimum absolute atomic E-state index is 0.319. The molecule has 0 spiro atoms. The van der Waals surface area contributed by atoms with E-state index in [1.807, 2.05) is 18.2 Å². The quantitative estimate of drug-likeness (QED) is 0.735. The summed E-state index contributed by atoms with van der Waals surface area (Å²) in [4.78, 5) is 4.68. The number of rotatable bonds is 8. The van der Waals surface area contributed by atoms with Crippen LogP contribution in [0.25, 0.3) is 0 Å². The maximum Gasteiger partial charge on any atom is 0.119 e. The minimum Gasteiger partial charge on any atom is -0.497 e.